The molecule has 0 saturated carbocycles. The van der Waals surface area contributed by atoms with Crippen molar-refractivity contribution in [2.75, 3.05) is 60.5 Å². The number of nitrogens with zero attached hydrogens (tertiary/aromatic N) is 2. The van der Waals surface area contributed by atoms with Crippen LogP contribution in [0.25, 0.3) is 0 Å². The molecule has 0 aliphatic carbocycles. The molecule has 152 valence electrons. The molecule has 1 heterocycles. The molecule has 1 saturated heterocycles. The molecule has 0 aromatic heterocycles. The van der Waals surface area contributed by atoms with E-state index in [-0.39, 0.29) is 25.5 Å². The summed E-state index contributed by atoms with van der Waals surface area (Å²) in [6.45, 7) is 3.04. The standard InChI is InChI=1S/C19H30N2O6/c1-24-8-9-26-15-27-14-18-11-20(10-16-6-4-3-5-7-16)17(13-22)12-21(18)19(23)25-2/h3-7,17-18,22H,8-15H2,1-2H3/t17-,18-/m0/s1. The van der Waals surface area contributed by atoms with Crippen LogP contribution in [0.2, 0.25) is 0 Å². The number of carbonyl (C=O) groups excluding carboxylic acids is 1. The molecule has 27 heavy (non-hydrogen) atoms. The molecule has 1 N–H and O–H groups in total. The molecule has 1 aromatic rings. The lowest BCUT2D eigenvalue weighted by Gasteiger charge is -2.45. The van der Waals surface area contributed by atoms with Crippen molar-refractivity contribution < 1.29 is 28.8 Å². The second-order valence-electron chi connectivity index (χ2n) is 6.42. The summed E-state index contributed by atoms with van der Waals surface area (Å²) in [6.07, 6.45) is -0.415. The van der Waals surface area contributed by atoms with Gasteiger partial charge in [-0.1, -0.05) is 30.3 Å². The highest BCUT2D eigenvalue weighted by Crippen LogP contribution is 2.19. The average molecular weight is 382 g/mol. The molecule has 1 aromatic carbocycles. The van der Waals surface area contributed by atoms with Crippen LogP contribution < -0.4 is 0 Å². The lowest BCUT2D eigenvalue weighted by Crippen LogP contribution is -2.61. The van der Waals surface area contributed by atoms with Gasteiger partial charge in [-0.3, -0.25) is 9.80 Å². The van der Waals surface area contributed by atoms with Crippen LogP contribution in [-0.4, -0.2) is 93.6 Å². The largest absolute Gasteiger partial charge is 0.453 e. The van der Waals surface area contributed by atoms with Gasteiger partial charge in [-0.2, -0.15) is 0 Å². The van der Waals surface area contributed by atoms with Crippen LogP contribution in [0, 0.1) is 0 Å². The molecular formula is C19H30N2O6. The number of ether oxygens (including phenoxy) is 4. The first-order valence-corrected chi connectivity index (χ1v) is 9.07. The third kappa shape index (κ3) is 6.75. The maximum atomic E-state index is 12.2. The monoisotopic (exact) mass is 382 g/mol. The van der Waals surface area contributed by atoms with Crippen LogP contribution in [0.3, 0.4) is 0 Å². The van der Waals surface area contributed by atoms with Crippen LogP contribution in [0.1, 0.15) is 5.56 Å². The van der Waals surface area contributed by atoms with Crippen molar-refractivity contribution in [3.63, 3.8) is 0 Å². The number of carbonyl (C=O) groups is 1. The maximum absolute atomic E-state index is 12.2. The number of hydrogen-bond donors (Lipinski definition) is 1. The van der Waals surface area contributed by atoms with Crippen molar-refractivity contribution in [2.24, 2.45) is 0 Å². The van der Waals surface area contributed by atoms with E-state index in [4.69, 9.17) is 18.9 Å². The van der Waals surface area contributed by atoms with E-state index in [9.17, 15) is 9.90 Å². The minimum Gasteiger partial charge on any atom is -0.453 e. The fraction of sp³-hybridized carbons (Fsp3) is 0.632. The molecule has 2 atom stereocenters. The lowest BCUT2D eigenvalue weighted by molar-refractivity contribution is -0.0924. The fourth-order valence-electron chi connectivity index (χ4n) is 3.12. The Morgan fingerprint density at radius 1 is 1.11 bits per heavy atom. The summed E-state index contributed by atoms with van der Waals surface area (Å²) < 4.78 is 20.7. The number of amides is 1. The van der Waals surface area contributed by atoms with Gasteiger partial charge >= 0.3 is 6.09 Å². The van der Waals surface area contributed by atoms with E-state index in [1.165, 1.54) is 7.11 Å². The number of methoxy groups -OCH3 is 2. The lowest BCUT2D eigenvalue weighted by atomic mass is 10.1. The molecule has 0 radical (unpaired) electrons. The Kier molecular flexibility index (Phi) is 9.51. The summed E-state index contributed by atoms with van der Waals surface area (Å²) in [5.41, 5.74) is 1.16. The Labute approximate surface area is 160 Å². The van der Waals surface area contributed by atoms with Crippen LogP contribution >= 0.6 is 0 Å². The average Bonchev–Trinajstić information content (AvgIpc) is 2.71. The van der Waals surface area contributed by atoms with E-state index in [0.717, 1.165) is 5.56 Å². The summed E-state index contributed by atoms with van der Waals surface area (Å²) in [5.74, 6) is 0. The van der Waals surface area contributed by atoms with Crippen LogP contribution in [-0.2, 0) is 25.5 Å². The highest BCUT2D eigenvalue weighted by Gasteiger charge is 2.36. The summed E-state index contributed by atoms with van der Waals surface area (Å²) in [6, 6.07) is 9.72. The Morgan fingerprint density at radius 2 is 1.89 bits per heavy atom. The summed E-state index contributed by atoms with van der Waals surface area (Å²) in [5, 5.41) is 9.81. The SMILES string of the molecule is COCCOCOC[C@@H]1CN(Cc2ccccc2)[C@H](CO)CN1C(=O)OC. The fourth-order valence-corrected chi connectivity index (χ4v) is 3.12. The van der Waals surface area contributed by atoms with Gasteiger partial charge in [0.15, 0.2) is 0 Å². The van der Waals surface area contributed by atoms with Gasteiger partial charge in [-0.15, -0.1) is 0 Å². The van der Waals surface area contributed by atoms with Gasteiger partial charge in [-0.05, 0) is 5.56 Å². The van der Waals surface area contributed by atoms with Crippen molar-refractivity contribution in [3.05, 3.63) is 35.9 Å². The number of aliphatic hydroxyl groups is 1. The van der Waals surface area contributed by atoms with Gasteiger partial charge in [0, 0.05) is 26.7 Å². The highest BCUT2D eigenvalue weighted by atomic mass is 16.7. The zero-order valence-electron chi connectivity index (χ0n) is 16.1. The molecule has 1 aliphatic heterocycles. The first-order valence-electron chi connectivity index (χ1n) is 9.07. The predicted molar refractivity (Wildman–Crippen MR) is 99.3 cm³/mol. The van der Waals surface area contributed by atoms with Crippen molar-refractivity contribution in [3.8, 4) is 0 Å². The number of hydrogen-bond acceptors (Lipinski definition) is 7. The Bertz CT molecular complexity index is 544. The Balaban J connectivity index is 1.97. The van der Waals surface area contributed by atoms with Gasteiger partial charge in [-0.25, -0.2) is 4.79 Å². The van der Waals surface area contributed by atoms with E-state index in [1.807, 2.05) is 18.2 Å². The Morgan fingerprint density at radius 3 is 2.56 bits per heavy atom. The van der Waals surface area contributed by atoms with Gasteiger partial charge in [0.1, 0.15) is 6.79 Å². The molecule has 2 rings (SSSR count). The topological polar surface area (TPSA) is 80.7 Å². The van der Waals surface area contributed by atoms with Crippen LogP contribution in [0.4, 0.5) is 4.79 Å². The van der Waals surface area contributed by atoms with Crippen molar-refractivity contribution in [2.45, 2.75) is 18.6 Å². The Hall–Kier alpha value is -1.71. The van der Waals surface area contributed by atoms with Crippen LogP contribution in [0.15, 0.2) is 30.3 Å². The first-order chi connectivity index (χ1) is 13.2. The number of piperazine rings is 1. The predicted octanol–water partition coefficient (Wildman–Crippen LogP) is 0.937. The van der Waals surface area contributed by atoms with Crippen molar-refractivity contribution in [1.82, 2.24) is 9.80 Å². The minimum absolute atomic E-state index is 0.0337. The van der Waals surface area contributed by atoms with Crippen molar-refractivity contribution >= 4 is 6.09 Å². The molecule has 1 amide bonds. The summed E-state index contributed by atoms with van der Waals surface area (Å²) >= 11 is 0. The van der Waals surface area contributed by atoms with Gasteiger partial charge < -0.3 is 24.1 Å². The van der Waals surface area contributed by atoms with E-state index in [1.54, 1.807) is 12.0 Å². The molecule has 8 nitrogen and oxygen atoms in total. The summed E-state index contributed by atoms with van der Waals surface area (Å²) in [7, 11) is 2.97. The second-order valence-corrected chi connectivity index (χ2v) is 6.42. The highest BCUT2D eigenvalue weighted by molar-refractivity contribution is 5.68. The summed E-state index contributed by atoms with van der Waals surface area (Å²) in [4.78, 5) is 16.0. The number of rotatable bonds is 10. The van der Waals surface area contributed by atoms with Crippen molar-refractivity contribution in [1.29, 1.82) is 0 Å². The molecule has 0 spiro atoms. The number of benzene rings is 1. The number of aliphatic hydroxyl groups excluding tert-OH is 1. The smallest absolute Gasteiger partial charge is 0.409 e. The second kappa shape index (κ2) is 11.9. The first kappa shape index (κ1) is 21.6. The van der Waals surface area contributed by atoms with Gasteiger partial charge in [0.05, 0.1) is 45.6 Å². The normalized spacial score (nSPS) is 20.6. The molecular weight excluding hydrogens is 352 g/mol. The quantitative estimate of drug-likeness (QED) is 0.476. The van der Waals surface area contributed by atoms with E-state index in [0.29, 0.717) is 39.5 Å². The molecule has 1 fully saturated rings. The van der Waals surface area contributed by atoms with Crippen LogP contribution in [0.5, 0.6) is 0 Å². The minimum atomic E-state index is -0.415. The van der Waals surface area contributed by atoms with E-state index in [2.05, 4.69) is 17.0 Å². The van der Waals surface area contributed by atoms with E-state index < -0.39 is 6.09 Å². The third-order valence-corrected chi connectivity index (χ3v) is 4.57. The van der Waals surface area contributed by atoms with Gasteiger partial charge in [0.2, 0.25) is 0 Å². The van der Waals surface area contributed by atoms with E-state index >= 15 is 0 Å². The third-order valence-electron chi connectivity index (χ3n) is 4.57. The molecule has 1 aliphatic rings. The zero-order valence-corrected chi connectivity index (χ0v) is 16.1. The zero-order chi connectivity index (χ0) is 19.5. The molecule has 0 bridgehead atoms. The molecule has 0 unspecified atom stereocenters. The molecule has 8 heteroatoms. The maximum Gasteiger partial charge on any atom is 0.409 e. The van der Waals surface area contributed by atoms with Gasteiger partial charge in [0.25, 0.3) is 0 Å².